The molecule has 0 radical (unpaired) electrons. The van der Waals surface area contributed by atoms with Crippen molar-refractivity contribution in [3.63, 3.8) is 0 Å². The summed E-state index contributed by atoms with van der Waals surface area (Å²) in [6, 6.07) is 8.16. The summed E-state index contributed by atoms with van der Waals surface area (Å²) >= 11 is 0. The van der Waals surface area contributed by atoms with E-state index in [-0.39, 0.29) is 0 Å². The van der Waals surface area contributed by atoms with Crippen molar-refractivity contribution in [1.82, 2.24) is 4.68 Å². The van der Waals surface area contributed by atoms with Gasteiger partial charge in [-0.1, -0.05) is 6.07 Å². The minimum atomic E-state index is 1.15. The molecule has 3 nitrogen and oxygen atoms in total. The summed E-state index contributed by atoms with van der Waals surface area (Å²) in [7, 11) is 4.06. The number of pyridine rings is 1. The molecule has 0 amide bonds. The minimum absolute atomic E-state index is 1.15. The summed E-state index contributed by atoms with van der Waals surface area (Å²) in [4.78, 5) is 0. The standard InChI is InChI=1S/C10H13N3/c1-11-7-4-3-6-10(11)13-9-5-8-12(13)2/h3-9H,1-2H3/q+2. The lowest BCUT2D eigenvalue weighted by atomic mass is 10.4. The highest BCUT2D eigenvalue weighted by atomic mass is 15.4. The molecular formula is C10H13N3+2. The topological polar surface area (TPSA) is 12.7 Å². The first-order chi connectivity index (χ1) is 6.29. The molecule has 0 saturated heterocycles. The molecule has 0 aliphatic heterocycles. The molecule has 2 aromatic heterocycles. The molecule has 66 valence electrons. The highest BCUT2D eigenvalue weighted by Crippen LogP contribution is 1.95. The Bertz CT molecular complexity index is 418. The van der Waals surface area contributed by atoms with Crippen molar-refractivity contribution in [2.24, 2.45) is 14.1 Å². The highest BCUT2D eigenvalue weighted by Gasteiger charge is 2.15. The van der Waals surface area contributed by atoms with Gasteiger partial charge in [0.25, 0.3) is 0 Å². The van der Waals surface area contributed by atoms with E-state index in [2.05, 4.69) is 15.3 Å². The third-order valence-electron chi connectivity index (χ3n) is 2.13. The fourth-order valence-corrected chi connectivity index (χ4v) is 1.41. The van der Waals surface area contributed by atoms with Gasteiger partial charge in [-0.05, 0) is 10.7 Å². The molecule has 0 aliphatic carbocycles. The van der Waals surface area contributed by atoms with Gasteiger partial charge in [-0.15, -0.1) is 0 Å². The van der Waals surface area contributed by atoms with Gasteiger partial charge < -0.3 is 0 Å². The van der Waals surface area contributed by atoms with E-state index in [0.717, 1.165) is 5.82 Å². The fourth-order valence-electron chi connectivity index (χ4n) is 1.41. The minimum Gasteiger partial charge on any atom is -0.232 e. The Morgan fingerprint density at radius 3 is 2.54 bits per heavy atom. The van der Waals surface area contributed by atoms with Crippen LogP contribution in [-0.2, 0) is 14.1 Å². The zero-order chi connectivity index (χ0) is 9.26. The van der Waals surface area contributed by atoms with Gasteiger partial charge >= 0.3 is 5.82 Å². The molecule has 0 spiro atoms. The molecule has 2 aromatic rings. The van der Waals surface area contributed by atoms with Crippen LogP contribution in [0.5, 0.6) is 0 Å². The fraction of sp³-hybridized carbons (Fsp3) is 0.200. The number of hydrogen-bond acceptors (Lipinski definition) is 0. The molecule has 2 heterocycles. The summed E-state index contributed by atoms with van der Waals surface area (Å²) < 4.78 is 6.20. The van der Waals surface area contributed by atoms with Gasteiger partial charge in [-0.25, -0.2) is 4.57 Å². The average Bonchev–Trinajstić information content (AvgIpc) is 2.52. The highest BCUT2D eigenvalue weighted by molar-refractivity contribution is 5.11. The average molecular weight is 175 g/mol. The van der Waals surface area contributed by atoms with Crippen molar-refractivity contribution in [2.75, 3.05) is 0 Å². The first kappa shape index (κ1) is 7.98. The maximum atomic E-state index is 2.08. The molecule has 0 unspecified atom stereocenters. The summed E-state index contributed by atoms with van der Waals surface area (Å²) in [5, 5.41) is 0. The number of aryl methyl sites for hydroxylation is 2. The van der Waals surface area contributed by atoms with E-state index in [4.69, 9.17) is 0 Å². The Morgan fingerprint density at radius 1 is 1.08 bits per heavy atom. The normalized spacial score (nSPS) is 10.3. The lowest BCUT2D eigenvalue weighted by Gasteiger charge is -1.95. The maximum absolute atomic E-state index is 2.08. The van der Waals surface area contributed by atoms with Crippen LogP contribution in [0.1, 0.15) is 0 Å². The van der Waals surface area contributed by atoms with E-state index in [1.54, 1.807) is 0 Å². The molecule has 0 bridgehead atoms. The molecule has 0 fully saturated rings. The monoisotopic (exact) mass is 175 g/mol. The maximum Gasteiger partial charge on any atom is 0.342 e. The predicted octanol–water partition coefficient (Wildman–Crippen LogP) is 0.126. The second kappa shape index (κ2) is 3.01. The van der Waals surface area contributed by atoms with Crippen LogP contribution in [0.15, 0.2) is 42.9 Å². The lowest BCUT2D eigenvalue weighted by molar-refractivity contribution is -0.765. The Balaban J connectivity index is 2.59. The molecule has 0 aliphatic rings. The first-order valence-corrected chi connectivity index (χ1v) is 4.27. The van der Waals surface area contributed by atoms with Gasteiger partial charge in [0.2, 0.25) is 6.20 Å². The molecule has 0 N–H and O–H groups in total. The van der Waals surface area contributed by atoms with E-state index >= 15 is 0 Å². The molecule has 0 saturated carbocycles. The molecule has 2 rings (SSSR count). The van der Waals surface area contributed by atoms with Crippen molar-refractivity contribution in [2.45, 2.75) is 0 Å². The Hall–Kier alpha value is -1.64. The van der Waals surface area contributed by atoms with Crippen LogP contribution in [0, 0.1) is 0 Å². The molecule has 0 aromatic carbocycles. The largest absolute Gasteiger partial charge is 0.342 e. The van der Waals surface area contributed by atoms with Crippen LogP contribution in [-0.4, -0.2) is 4.68 Å². The number of rotatable bonds is 1. The number of hydrogen-bond donors (Lipinski definition) is 0. The third kappa shape index (κ3) is 1.33. The van der Waals surface area contributed by atoms with Crippen LogP contribution in [0.3, 0.4) is 0 Å². The van der Waals surface area contributed by atoms with E-state index < -0.39 is 0 Å². The molecular weight excluding hydrogens is 162 g/mol. The molecule has 3 heteroatoms. The Kier molecular flexibility index (Phi) is 1.85. The van der Waals surface area contributed by atoms with E-state index in [9.17, 15) is 0 Å². The zero-order valence-corrected chi connectivity index (χ0v) is 7.88. The quantitative estimate of drug-likeness (QED) is 0.546. The van der Waals surface area contributed by atoms with Crippen LogP contribution in [0.4, 0.5) is 0 Å². The number of nitrogens with zero attached hydrogens (tertiary/aromatic N) is 3. The number of aromatic nitrogens is 3. The Morgan fingerprint density at radius 2 is 1.92 bits per heavy atom. The van der Waals surface area contributed by atoms with E-state index in [1.807, 2.05) is 55.6 Å². The summed E-state index contributed by atoms with van der Waals surface area (Å²) in [5.41, 5.74) is 0. The van der Waals surface area contributed by atoms with Gasteiger partial charge in [0, 0.05) is 10.7 Å². The SMILES string of the molecule is C[n+]1ccccc1-n1ccc[n+]1C. The van der Waals surface area contributed by atoms with Crippen LogP contribution < -0.4 is 9.25 Å². The van der Waals surface area contributed by atoms with Gasteiger partial charge in [0.1, 0.15) is 0 Å². The second-order valence-corrected chi connectivity index (χ2v) is 3.08. The smallest absolute Gasteiger partial charge is 0.232 e. The first-order valence-electron chi connectivity index (χ1n) is 4.27. The predicted molar refractivity (Wildman–Crippen MR) is 48.1 cm³/mol. The second-order valence-electron chi connectivity index (χ2n) is 3.08. The van der Waals surface area contributed by atoms with Crippen LogP contribution in [0.2, 0.25) is 0 Å². The van der Waals surface area contributed by atoms with E-state index in [0.29, 0.717) is 0 Å². The molecule has 0 atom stereocenters. The van der Waals surface area contributed by atoms with E-state index in [1.165, 1.54) is 0 Å². The Labute approximate surface area is 77.5 Å². The van der Waals surface area contributed by atoms with Gasteiger partial charge in [0.15, 0.2) is 13.2 Å². The van der Waals surface area contributed by atoms with Gasteiger partial charge in [0.05, 0.1) is 19.3 Å². The van der Waals surface area contributed by atoms with Crippen LogP contribution in [0.25, 0.3) is 5.82 Å². The zero-order valence-electron chi connectivity index (χ0n) is 7.88. The van der Waals surface area contributed by atoms with Crippen LogP contribution >= 0.6 is 0 Å². The summed E-state index contributed by atoms with van der Waals surface area (Å²) in [6.45, 7) is 0. The third-order valence-corrected chi connectivity index (χ3v) is 2.13. The van der Waals surface area contributed by atoms with Gasteiger partial charge in [-0.2, -0.15) is 0 Å². The summed E-state index contributed by atoms with van der Waals surface area (Å²) in [5.74, 6) is 1.15. The van der Waals surface area contributed by atoms with Crippen molar-refractivity contribution in [3.8, 4) is 5.82 Å². The summed E-state index contributed by atoms with van der Waals surface area (Å²) in [6.07, 6.45) is 6.09. The van der Waals surface area contributed by atoms with Crippen molar-refractivity contribution in [3.05, 3.63) is 42.9 Å². The van der Waals surface area contributed by atoms with Gasteiger partial charge in [-0.3, -0.25) is 0 Å². The molecule has 13 heavy (non-hydrogen) atoms. The van der Waals surface area contributed by atoms with Crippen molar-refractivity contribution in [1.29, 1.82) is 0 Å². The van der Waals surface area contributed by atoms with Crippen molar-refractivity contribution >= 4 is 0 Å². The lowest BCUT2D eigenvalue weighted by Crippen LogP contribution is -2.44. The van der Waals surface area contributed by atoms with Crippen molar-refractivity contribution < 1.29 is 9.25 Å².